The Balaban J connectivity index is 0.00000112. The van der Waals surface area contributed by atoms with E-state index < -0.39 is 12.4 Å². The van der Waals surface area contributed by atoms with Crippen LogP contribution in [-0.2, 0) is 0 Å². The van der Waals surface area contributed by atoms with Crippen molar-refractivity contribution >= 4 is 12.4 Å². The number of benzene rings is 1. The van der Waals surface area contributed by atoms with Gasteiger partial charge in [0.2, 0.25) is 0 Å². The van der Waals surface area contributed by atoms with Crippen LogP contribution in [0.1, 0.15) is 24.8 Å². The van der Waals surface area contributed by atoms with E-state index in [9.17, 15) is 12.9 Å². The van der Waals surface area contributed by atoms with E-state index in [1.165, 1.54) is 12.1 Å². The summed E-state index contributed by atoms with van der Waals surface area (Å²) in [7, 11) is 0. The molecule has 0 aliphatic heterocycles. The molecule has 0 nitrogen and oxygen atoms in total. The van der Waals surface area contributed by atoms with E-state index >= 15 is 0 Å². The zero-order valence-corrected chi connectivity index (χ0v) is 12.0. The molecule has 0 spiro atoms. The van der Waals surface area contributed by atoms with Gasteiger partial charge < -0.3 is 12.9 Å². The van der Waals surface area contributed by atoms with Crippen molar-refractivity contribution in [3.8, 4) is 0 Å². The van der Waals surface area contributed by atoms with Crippen LogP contribution in [0.2, 0.25) is 0 Å². The van der Waals surface area contributed by atoms with Gasteiger partial charge in [-0.25, -0.2) is 0 Å². The molecule has 1 aliphatic carbocycles. The third-order valence-electron chi connectivity index (χ3n) is 2.86. The van der Waals surface area contributed by atoms with E-state index in [0.29, 0.717) is 11.5 Å². The van der Waals surface area contributed by atoms with Crippen molar-refractivity contribution in [2.24, 2.45) is 5.92 Å². The van der Waals surface area contributed by atoms with Gasteiger partial charge in [-0.05, 0) is 18.3 Å². The quantitative estimate of drug-likeness (QED) is 0.629. The van der Waals surface area contributed by atoms with E-state index in [-0.39, 0.29) is 57.3 Å². The Labute approximate surface area is 130 Å². The minimum absolute atomic E-state index is 0. The van der Waals surface area contributed by atoms with Crippen LogP contribution in [0, 0.1) is 5.92 Å². The van der Waals surface area contributed by atoms with Crippen LogP contribution in [0.25, 0.3) is 0 Å². The van der Waals surface area contributed by atoms with Gasteiger partial charge in [0.25, 0.3) is 0 Å². The third-order valence-corrected chi connectivity index (χ3v) is 2.86. The van der Waals surface area contributed by atoms with Crippen LogP contribution in [0.15, 0.2) is 24.3 Å². The van der Waals surface area contributed by atoms with Crippen molar-refractivity contribution in [1.82, 2.24) is 0 Å². The molecule has 0 unspecified atom stereocenters. The average molecular weight is 238 g/mol. The fourth-order valence-electron chi connectivity index (χ4n) is 1.90. The van der Waals surface area contributed by atoms with Crippen molar-refractivity contribution in [3.05, 3.63) is 29.8 Å². The van der Waals surface area contributed by atoms with Crippen LogP contribution in [0.5, 0.6) is 0 Å². The van der Waals surface area contributed by atoms with Crippen LogP contribution in [0.3, 0.4) is 0 Å². The topological polar surface area (TPSA) is 0 Å². The summed E-state index contributed by atoms with van der Waals surface area (Å²) in [6.07, 6.45) is 0.892. The molecule has 0 radical (unpaired) electrons. The van der Waals surface area contributed by atoms with E-state index in [2.05, 4.69) is 0 Å². The van der Waals surface area contributed by atoms with Gasteiger partial charge in [-0.1, -0.05) is 36.8 Å². The Bertz CT molecular complexity index is 351. The standard InChI is InChI=1S/C10H11BF3.K/c1-7-6-9(7)8-4-2-3-5-10(8)11(12,13)14;/h2-5,7,9H,6H2,1H3;/q-1;+1/t7-,9-;/m1./s1. The van der Waals surface area contributed by atoms with Crippen LogP contribution >= 0.6 is 0 Å². The van der Waals surface area contributed by atoms with Crippen molar-refractivity contribution in [2.75, 3.05) is 0 Å². The molecule has 0 saturated heterocycles. The fourth-order valence-corrected chi connectivity index (χ4v) is 1.90. The van der Waals surface area contributed by atoms with Crippen molar-refractivity contribution in [3.63, 3.8) is 0 Å². The second-order valence-corrected chi connectivity index (χ2v) is 4.02. The molecule has 1 saturated carbocycles. The summed E-state index contributed by atoms with van der Waals surface area (Å²) in [5, 5.41) is 0. The van der Waals surface area contributed by atoms with Crippen LogP contribution < -0.4 is 56.8 Å². The SMILES string of the molecule is C[C@@H]1C[C@H]1c1ccccc1[B-](F)(F)F.[K+]. The van der Waals surface area contributed by atoms with E-state index in [4.69, 9.17) is 0 Å². The summed E-state index contributed by atoms with van der Waals surface area (Å²) >= 11 is 0. The molecule has 0 N–H and O–H groups in total. The molecule has 0 aromatic heterocycles. The Kier molecular flexibility index (Phi) is 4.52. The summed E-state index contributed by atoms with van der Waals surface area (Å²) in [6, 6.07) is 5.95. The van der Waals surface area contributed by atoms with Gasteiger partial charge in [-0.15, -0.1) is 5.46 Å². The molecule has 1 aliphatic rings. The number of rotatable bonds is 2. The smallest absolute Gasteiger partial charge is 0.445 e. The minimum atomic E-state index is -4.85. The van der Waals surface area contributed by atoms with Gasteiger partial charge in [-0.2, -0.15) is 0 Å². The molecule has 1 fully saturated rings. The predicted molar refractivity (Wildman–Crippen MR) is 51.7 cm³/mol. The molecule has 0 bridgehead atoms. The van der Waals surface area contributed by atoms with Gasteiger partial charge in [0.1, 0.15) is 0 Å². The first-order chi connectivity index (χ1) is 6.50. The Morgan fingerprint density at radius 2 is 1.73 bits per heavy atom. The Morgan fingerprint density at radius 1 is 1.20 bits per heavy atom. The summed E-state index contributed by atoms with van der Waals surface area (Å²) in [5.74, 6) is 0.545. The maximum absolute atomic E-state index is 12.6. The van der Waals surface area contributed by atoms with E-state index in [0.717, 1.165) is 6.42 Å². The van der Waals surface area contributed by atoms with Crippen LogP contribution in [-0.4, -0.2) is 6.98 Å². The van der Waals surface area contributed by atoms with E-state index in [1.54, 1.807) is 12.1 Å². The van der Waals surface area contributed by atoms with E-state index in [1.807, 2.05) is 6.92 Å². The molecule has 76 valence electrons. The molecule has 0 amide bonds. The summed E-state index contributed by atoms with van der Waals surface area (Å²) < 4.78 is 37.9. The Hall–Kier alpha value is 0.711. The van der Waals surface area contributed by atoms with Crippen molar-refractivity contribution in [1.29, 1.82) is 0 Å². The molecule has 0 heterocycles. The predicted octanol–water partition coefficient (Wildman–Crippen LogP) is -0.132. The van der Waals surface area contributed by atoms with Crippen LogP contribution in [0.4, 0.5) is 12.9 Å². The molecule has 2 atom stereocenters. The molecule has 1 aromatic carbocycles. The number of hydrogen-bond acceptors (Lipinski definition) is 0. The summed E-state index contributed by atoms with van der Waals surface area (Å²) in [4.78, 5) is 0. The molecule has 1 aromatic rings. The first-order valence-corrected chi connectivity index (χ1v) is 4.79. The Morgan fingerprint density at radius 3 is 2.20 bits per heavy atom. The van der Waals surface area contributed by atoms with Gasteiger partial charge in [-0.3, -0.25) is 0 Å². The maximum Gasteiger partial charge on any atom is 1.00 e. The third kappa shape index (κ3) is 3.10. The first kappa shape index (κ1) is 13.8. The summed E-state index contributed by atoms with van der Waals surface area (Å²) in [6.45, 7) is -2.86. The van der Waals surface area contributed by atoms with Crippen molar-refractivity contribution in [2.45, 2.75) is 19.3 Å². The molecule has 5 heteroatoms. The van der Waals surface area contributed by atoms with Gasteiger partial charge in [0.15, 0.2) is 0 Å². The summed E-state index contributed by atoms with van der Waals surface area (Å²) in [5.41, 5.74) is 0.0920. The van der Waals surface area contributed by atoms with Gasteiger partial charge >= 0.3 is 58.4 Å². The molecular weight excluding hydrogens is 227 g/mol. The largest absolute Gasteiger partial charge is 1.00 e. The zero-order valence-electron chi connectivity index (χ0n) is 8.88. The molecule has 15 heavy (non-hydrogen) atoms. The first-order valence-electron chi connectivity index (χ1n) is 4.79. The molecule has 2 rings (SSSR count). The average Bonchev–Trinajstić information content (AvgIpc) is 2.81. The minimum Gasteiger partial charge on any atom is -0.445 e. The second kappa shape index (κ2) is 4.92. The number of hydrogen-bond donors (Lipinski definition) is 0. The fraction of sp³-hybridized carbons (Fsp3) is 0.400. The van der Waals surface area contributed by atoms with Crippen molar-refractivity contribution < 1.29 is 64.3 Å². The van der Waals surface area contributed by atoms with Gasteiger partial charge in [0.05, 0.1) is 0 Å². The normalized spacial score (nSPS) is 24.5. The molecular formula is C10H11BF3K. The monoisotopic (exact) mass is 238 g/mol. The zero-order chi connectivity index (χ0) is 10.3. The second-order valence-electron chi connectivity index (χ2n) is 4.02. The maximum atomic E-state index is 12.6. The number of halogens is 3. The van der Waals surface area contributed by atoms with Gasteiger partial charge in [0, 0.05) is 0 Å².